The highest BCUT2D eigenvalue weighted by molar-refractivity contribution is 14.1. The lowest BCUT2D eigenvalue weighted by Crippen LogP contribution is -2.05. The molecule has 0 bridgehead atoms. The fourth-order valence-corrected chi connectivity index (χ4v) is 2.53. The van der Waals surface area contributed by atoms with E-state index >= 15 is 0 Å². The van der Waals surface area contributed by atoms with Gasteiger partial charge < -0.3 is 5.32 Å². The van der Waals surface area contributed by atoms with Gasteiger partial charge in [0.2, 0.25) is 0 Å². The van der Waals surface area contributed by atoms with Crippen molar-refractivity contribution in [1.82, 2.24) is 4.98 Å². The minimum atomic E-state index is 0.267. The number of anilines is 1. The number of nitrogens with one attached hydrogen (secondary N) is 1. The first-order valence-corrected chi connectivity index (χ1v) is 6.63. The highest BCUT2D eigenvalue weighted by atomic mass is 127. The Morgan fingerprint density at radius 2 is 2.33 bits per heavy atom. The van der Waals surface area contributed by atoms with E-state index in [1.54, 1.807) is 11.3 Å². The van der Waals surface area contributed by atoms with Crippen LogP contribution < -0.4 is 5.32 Å². The average Bonchev–Trinajstić information content (AvgIpc) is 2.70. The summed E-state index contributed by atoms with van der Waals surface area (Å²) in [7, 11) is 0. The summed E-state index contributed by atoms with van der Waals surface area (Å²) in [5, 5.41) is 6.55. The number of aromatic nitrogens is 1. The Kier molecular flexibility index (Phi) is 3.58. The minimum absolute atomic E-state index is 0.267. The number of benzene rings is 1. The molecule has 0 aliphatic carbocycles. The molecule has 2 nitrogen and oxygen atoms in total. The second kappa shape index (κ2) is 4.94. The maximum Gasteiger partial charge on any atom is 0.115 e. The van der Waals surface area contributed by atoms with Gasteiger partial charge in [0.05, 0.1) is 6.04 Å². The van der Waals surface area contributed by atoms with Crippen LogP contribution in [0.2, 0.25) is 0 Å². The standard InChI is InChI=1S/C11H11IN2S/c1-8(11-13-5-6-15-11)14-10-4-2-3-9(12)7-10/h2-8,14H,1H3/t8-/m1/s1. The number of hydrogen-bond acceptors (Lipinski definition) is 3. The molecule has 0 saturated carbocycles. The molecule has 2 aromatic rings. The Labute approximate surface area is 107 Å². The maximum absolute atomic E-state index is 4.29. The summed E-state index contributed by atoms with van der Waals surface area (Å²) in [6, 6.07) is 8.61. The summed E-state index contributed by atoms with van der Waals surface area (Å²) in [4.78, 5) is 4.29. The second-order valence-corrected chi connectivity index (χ2v) is 5.42. The lowest BCUT2D eigenvalue weighted by Gasteiger charge is -2.12. The number of rotatable bonds is 3. The van der Waals surface area contributed by atoms with Gasteiger partial charge in [0.25, 0.3) is 0 Å². The quantitative estimate of drug-likeness (QED) is 0.863. The third-order valence-electron chi connectivity index (χ3n) is 2.03. The normalized spacial score (nSPS) is 12.4. The molecule has 2 rings (SSSR count). The van der Waals surface area contributed by atoms with Gasteiger partial charge in [0.15, 0.2) is 0 Å². The Morgan fingerprint density at radius 1 is 1.47 bits per heavy atom. The van der Waals surface area contributed by atoms with Crippen LogP contribution >= 0.6 is 33.9 Å². The molecule has 0 amide bonds. The van der Waals surface area contributed by atoms with Crippen molar-refractivity contribution in [1.29, 1.82) is 0 Å². The number of halogens is 1. The molecule has 0 unspecified atom stereocenters. The molecule has 0 aliphatic rings. The zero-order valence-corrected chi connectivity index (χ0v) is 11.2. The van der Waals surface area contributed by atoms with Crippen molar-refractivity contribution in [2.45, 2.75) is 13.0 Å². The van der Waals surface area contributed by atoms with E-state index in [0.717, 1.165) is 10.7 Å². The lowest BCUT2D eigenvalue weighted by molar-refractivity contribution is 0.870. The van der Waals surface area contributed by atoms with Crippen LogP contribution in [0.4, 0.5) is 5.69 Å². The summed E-state index contributed by atoms with van der Waals surface area (Å²) in [6.45, 7) is 2.12. The van der Waals surface area contributed by atoms with Crippen LogP contribution in [0.1, 0.15) is 18.0 Å². The van der Waals surface area contributed by atoms with Crippen molar-refractivity contribution in [3.8, 4) is 0 Å². The first-order valence-electron chi connectivity index (χ1n) is 4.67. The highest BCUT2D eigenvalue weighted by Crippen LogP contribution is 2.21. The van der Waals surface area contributed by atoms with E-state index in [2.05, 4.69) is 64.1 Å². The summed E-state index contributed by atoms with van der Waals surface area (Å²) in [5.41, 5.74) is 1.14. The molecule has 0 fully saturated rings. The van der Waals surface area contributed by atoms with Gasteiger partial charge in [0, 0.05) is 20.8 Å². The molecule has 4 heteroatoms. The van der Waals surface area contributed by atoms with E-state index in [-0.39, 0.29) is 6.04 Å². The molecule has 1 aromatic carbocycles. The molecular weight excluding hydrogens is 319 g/mol. The van der Waals surface area contributed by atoms with Gasteiger partial charge in [-0.2, -0.15) is 0 Å². The van der Waals surface area contributed by atoms with E-state index in [0.29, 0.717) is 0 Å². The van der Waals surface area contributed by atoms with Gasteiger partial charge in [-0.1, -0.05) is 6.07 Å². The zero-order valence-electron chi connectivity index (χ0n) is 8.27. The number of nitrogens with zero attached hydrogens (tertiary/aromatic N) is 1. The average molecular weight is 330 g/mol. The number of hydrogen-bond donors (Lipinski definition) is 1. The molecule has 0 aliphatic heterocycles. The van der Waals surface area contributed by atoms with Crippen LogP contribution in [-0.2, 0) is 0 Å². The zero-order chi connectivity index (χ0) is 10.7. The third kappa shape index (κ3) is 2.92. The van der Waals surface area contributed by atoms with E-state index in [1.165, 1.54) is 3.57 Å². The molecule has 78 valence electrons. The molecule has 1 N–H and O–H groups in total. The largest absolute Gasteiger partial charge is 0.376 e. The van der Waals surface area contributed by atoms with E-state index in [1.807, 2.05) is 11.6 Å². The van der Waals surface area contributed by atoms with Crippen LogP contribution in [0, 0.1) is 3.57 Å². The number of thiazole rings is 1. The Balaban J connectivity index is 2.09. The van der Waals surface area contributed by atoms with Crippen LogP contribution in [-0.4, -0.2) is 4.98 Å². The van der Waals surface area contributed by atoms with Gasteiger partial charge in [-0.25, -0.2) is 4.98 Å². The minimum Gasteiger partial charge on any atom is -0.376 e. The van der Waals surface area contributed by atoms with E-state index < -0.39 is 0 Å². The second-order valence-electron chi connectivity index (χ2n) is 3.25. The Bertz CT molecular complexity index is 428. The molecular formula is C11H11IN2S. The van der Waals surface area contributed by atoms with Gasteiger partial charge in [0.1, 0.15) is 5.01 Å². The van der Waals surface area contributed by atoms with Crippen LogP contribution in [0.25, 0.3) is 0 Å². The summed E-state index contributed by atoms with van der Waals surface area (Å²) < 4.78 is 1.24. The first kappa shape index (κ1) is 10.9. The molecule has 15 heavy (non-hydrogen) atoms. The monoisotopic (exact) mass is 330 g/mol. The van der Waals surface area contributed by atoms with Crippen molar-refractivity contribution < 1.29 is 0 Å². The molecule has 1 aromatic heterocycles. The topological polar surface area (TPSA) is 24.9 Å². The Hall–Kier alpha value is -0.620. The van der Waals surface area contributed by atoms with Crippen molar-refractivity contribution in [2.24, 2.45) is 0 Å². The Morgan fingerprint density at radius 3 is 3.00 bits per heavy atom. The molecule has 1 heterocycles. The summed E-state index contributed by atoms with van der Waals surface area (Å²) >= 11 is 3.99. The molecule has 0 radical (unpaired) electrons. The van der Waals surface area contributed by atoms with Gasteiger partial charge in [-0.05, 0) is 47.7 Å². The van der Waals surface area contributed by atoms with Gasteiger partial charge in [-0.15, -0.1) is 11.3 Å². The lowest BCUT2D eigenvalue weighted by atomic mass is 10.3. The molecule has 0 spiro atoms. The van der Waals surface area contributed by atoms with E-state index in [4.69, 9.17) is 0 Å². The fraction of sp³-hybridized carbons (Fsp3) is 0.182. The van der Waals surface area contributed by atoms with Crippen LogP contribution in [0.15, 0.2) is 35.8 Å². The fourth-order valence-electron chi connectivity index (χ4n) is 1.34. The van der Waals surface area contributed by atoms with Gasteiger partial charge >= 0.3 is 0 Å². The smallest absolute Gasteiger partial charge is 0.115 e. The van der Waals surface area contributed by atoms with E-state index in [9.17, 15) is 0 Å². The van der Waals surface area contributed by atoms with Gasteiger partial charge in [-0.3, -0.25) is 0 Å². The highest BCUT2D eigenvalue weighted by Gasteiger charge is 2.07. The van der Waals surface area contributed by atoms with Crippen LogP contribution in [0.3, 0.4) is 0 Å². The molecule has 0 saturated heterocycles. The van der Waals surface area contributed by atoms with Crippen molar-refractivity contribution >= 4 is 39.6 Å². The first-order chi connectivity index (χ1) is 7.25. The predicted molar refractivity (Wildman–Crippen MR) is 73.3 cm³/mol. The maximum atomic E-state index is 4.29. The van der Waals surface area contributed by atoms with Crippen molar-refractivity contribution in [2.75, 3.05) is 5.32 Å². The SMILES string of the molecule is C[C@@H](Nc1cccc(I)c1)c1nccs1. The third-order valence-corrected chi connectivity index (χ3v) is 3.66. The summed E-state index contributed by atoms with van der Waals surface area (Å²) in [5.74, 6) is 0. The van der Waals surface area contributed by atoms with Crippen molar-refractivity contribution in [3.05, 3.63) is 44.4 Å². The predicted octanol–water partition coefficient (Wildman–Crippen LogP) is 3.92. The molecule has 1 atom stereocenters. The summed E-state index contributed by atoms with van der Waals surface area (Å²) in [6.07, 6.45) is 1.84. The van der Waals surface area contributed by atoms with Crippen molar-refractivity contribution in [3.63, 3.8) is 0 Å². The van der Waals surface area contributed by atoms with Crippen LogP contribution in [0.5, 0.6) is 0 Å².